The second-order valence-electron chi connectivity index (χ2n) is 7.81. The Bertz CT molecular complexity index is 1350. The highest BCUT2D eigenvalue weighted by Crippen LogP contribution is 2.17. The molecule has 0 aliphatic carbocycles. The Labute approximate surface area is 200 Å². The number of hydrogen-bond acceptors (Lipinski definition) is 9. The molecule has 1 amide bonds. The van der Waals surface area contributed by atoms with E-state index in [1.807, 2.05) is 77.9 Å². The van der Waals surface area contributed by atoms with E-state index >= 15 is 0 Å². The van der Waals surface area contributed by atoms with Crippen LogP contribution in [0.1, 0.15) is 27.0 Å². The van der Waals surface area contributed by atoms with E-state index in [2.05, 4.69) is 24.6 Å². The number of rotatable bonds is 7. The Morgan fingerprint density at radius 1 is 1.03 bits per heavy atom. The molecular weight excluding hydrogens is 450 g/mol. The van der Waals surface area contributed by atoms with Crippen LogP contribution < -0.4 is 15.5 Å². The topological polar surface area (TPSA) is 95.0 Å². The average Bonchev–Trinajstić information content (AvgIpc) is 3.49. The summed E-state index contributed by atoms with van der Waals surface area (Å²) in [5.41, 5.74) is 8.41. The lowest BCUT2D eigenvalue weighted by atomic mass is 10.1. The maximum atomic E-state index is 12.8. The van der Waals surface area contributed by atoms with Gasteiger partial charge in [-0.2, -0.15) is 8.75 Å². The van der Waals surface area contributed by atoms with Gasteiger partial charge in [-0.05, 0) is 47.5 Å². The van der Waals surface area contributed by atoms with Gasteiger partial charge in [0.05, 0.1) is 25.4 Å². The van der Waals surface area contributed by atoms with Crippen molar-refractivity contribution in [2.75, 3.05) is 14.2 Å². The molecule has 1 aromatic heterocycles. The predicted molar refractivity (Wildman–Crippen MR) is 131 cm³/mol. The zero-order valence-corrected chi connectivity index (χ0v) is 19.5. The molecule has 172 valence electrons. The number of amides is 1. The molecule has 10 heteroatoms. The molecule has 4 aromatic rings. The average molecular weight is 474 g/mol. The number of hydrazine groups is 2. The van der Waals surface area contributed by atoms with Gasteiger partial charge in [-0.15, -0.1) is 10.2 Å². The Morgan fingerprint density at radius 3 is 2.65 bits per heavy atom. The van der Waals surface area contributed by atoms with Crippen LogP contribution in [-0.2, 0) is 13.1 Å². The molecule has 0 bridgehead atoms. The van der Waals surface area contributed by atoms with Crippen molar-refractivity contribution in [3.63, 3.8) is 0 Å². The maximum absolute atomic E-state index is 12.8. The highest BCUT2D eigenvalue weighted by Gasteiger charge is 2.21. The molecule has 0 unspecified atom stereocenters. The van der Waals surface area contributed by atoms with Gasteiger partial charge in [0.25, 0.3) is 5.91 Å². The summed E-state index contributed by atoms with van der Waals surface area (Å²) in [7, 11) is 3.54. The number of carbonyl (C=O) groups excluding carboxylic acids is 1. The Kier molecular flexibility index (Phi) is 6.07. The highest BCUT2D eigenvalue weighted by molar-refractivity contribution is 7.00. The summed E-state index contributed by atoms with van der Waals surface area (Å²) in [6.07, 6.45) is 0. The molecular formula is C24H23N7O2S. The number of carbonyl (C=O) groups is 1. The van der Waals surface area contributed by atoms with Gasteiger partial charge in [0.15, 0.2) is 5.84 Å². The first-order valence-electron chi connectivity index (χ1n) is 10.7. The molecule has 0 fully saturated rings. The van der Waals surface area contributed by atoms with Gasteiger partial charge >= 0.3 is 0 Å². The number of benzene rings is 3. The molecule has 1 aliphatic heterocycles. The minimum absolute atomic E-state index is 0.152. The third-order valence-corrected chi connectivity index (χ3v) is 6.04. The van der Waals surface area contributed by atoms with Crippen molar-refractivity contribution in [1.29, 1.82) is 0 Å². The molecule has 0 atom stereocenters. The molecule has 0 saturated carbocycles. The SMILES string of the molecule is COc1ccc(CN2N=C(c3cccc(C(=O)NCc4ccc5nsnc5c4)c3)NN2C)cc1. The van der Waals surface area contributed by atoms with Crippen LogP contribution in [0.2, 0.25) is 0 Å². The van der Waals surface area contributed by atoms with Crippen molar-refractivity contribution in [2.24, 2.45) is 5.10 Å². The quantitative estimate of drug-likeness (QED) is 0.426. The van der Waals surface area contributed by atoms with Gasteiger partial charge in [0, 0.05) is 24.7 Å². The summed E-state index contributed by atoms with van der Waals surface area (Å²) in [6, 6.07) is 21.1. The normalized spacial score (nSPS) is 13.6. The van der Waals surface area contributed by atoms with Crippen LogP contribution >= 0.6 is 11.7 Å². The van der Waals surface area contributed by atoms with E-state index in [1.54, 1.807) is 13.2 Å². The third kappa shape index (κ3) is 4.68. The first-order valence-corrected chi connectivity index (χ1v) is 11.4. The number of fused-ring (bicyclic) bond motifs is 1. The summed E-state index contributed by atoms with van der Waals surface area (Å²) in [5, 5.41) is 11.3. The van der Waals surface area contributed by atoms with Gasteiger partial charge in [-0.1, -0.05) is 30.3 Å². The zero-order chi connectivity index (χ0) is 23.5. The number of hydrazone groups is 1. The fourth-order valence-electron chi connectivity index (χ4n) is 3.60. The largest absolute Gasteiger partial charge is 0.497 e. The molecule has 34 heavy (non-hydrogen) atoms. The molecule has 5 rings (SSSR count). The maximum Gasteiger partial charge on any atom is 0.251 e. The van der Waals surface area contributed by atoms with Gasteiger partial charge < -0.3 is 10.1 Å². The molecule has 0 saturated heterocycles. The molecule has 3 aromatic carbocycles. The fourth-order valence-corrected chi connectivity index (χ4v) is 4.12. The van der Waals surface area contributed by atoms with Crippen molar-refractivity contribution in [3.8, 4) is 5.75 Å². The van der Waals surface area contributed by atoms with E-state index in [0.29, 0.717) is 24.5 Å². The van der Waals surface area contributed by atoms with Gasteiger partial charge in [-0.25, -0.2) is 5.12 Å². The number of hydrogen-bond donors (Lipinski definition) is 2. The van der Waals surface area contributed by atoms with E-state index < -0.39 is 0 Å². The lowest BCUT2D eigenvalue weighted by molar-refractivity contribution is -0.00866. The van der Waals surface area contributed by atoms with Crippen LogP contribution in [0.25, 0.3) is 11.0 Å². The van der Waals surface area contributed by atoms with E-state index in [1.165, 1.54) is 11.7 Å². The fraction of sp³-hybridized carbons (Fsp3) is 0.167. The molecule has 0 spiro atoms. The lowest BCUT2D eigenvalue weighted by Crippen LogP contribution is -2.40. The van der Waals surface area contributed by atoms with Gasteiger partial charge in [0.2, 0.25) is 0 Å². The van der Waals surface area contributed by atoms with Crippen molar-refractivity contribution in [2.45, 2.75) is 13.1 Å². The minimum atomic E-state index is -0.152. The molecule has 9 nitrogen and oxygen atoms in total. The van der Waals surface area contributed by atoms with Crippen LogP contribution in [-0.4, -0.2) is 44.9 Å². The van der Waals surface area contributed by atoms with E-state index in [9.17, 15) is 4.79 Å². The van der Waals surface area contributed by atoms with E-state index in [0.717, 1.165) is 33.5 Å². The number of aromatic nitrogens is 2. The van der Waals surface area contributed by atoms with Crippen molar-refractivity contribution >= 4 is 34.5 Å². The highest BCUT2D eigenvalue weighted by atomic mass is 32.1. The number of amidine groups is 1. The second-order valence-corrected chi connectivity index (χ2v) is 8.34. The Balaban J connectivity index is 1.25. The van der Waals surface area contributed by atoms with Gasteiger partial charge in [0.1, 0.15) is 16.8 Å². The molecule has 2 N–H and O–H groups in total. The molecule has 1 aliphatic rings. The standard InChI is InChI=1S/C24H23N7O2S/c1-30-26-23(27-31(30)15-16-6-9-20(33-2)10-7-16)18-4-3-5-19(13-18)24(32)25-14-17-8-11-21-22(12-17)29-34-28-21/h3-13H,14-15H2,1-2H3,(H,25,32)(H,26,27). The van der Waals surface area contributed by atoms with Crippen LogP contribution in [0.4, 0.5) is 0 Å². The van der Waals surface area contributed by atoms with Crippen molar-refractivity contribution < 1.29 is 9.53 Å². The Hall–Kier alpha value is -4.02. The summed E-state index contributed by atoms with van der Waals surface area (Å²) in [4.78, 5) is 12.8. The summed E-state index contributed by atoms with van der Waals surface area (Å²) in [6.45, 7) is 1.00. The van der Waals surface area contributed by atoms with Crippen LogP contribution in [0.5, 0.6) is 5.75 Å². The monoisotopic (exact) mass is 473 g/mol. The number of methoxy groups -OCH3 is 1. The van der Waals surface area contributed by atoms with Crippen LogP contribution in [0.15, 0.2) is 71.8 Å². The van der Waals surface area contributed by atoms with Crippen molar-refractivity contribution in [3.05, 3.63) is 89.0 Å². The minimum Gasteiger partial charge on any atom is -0.497 e. The number of nitrogens with one attached hydrogen (secondary N) is 2. The zero-order valence-electron chi connectivity index (χ0n) is 18.7. The number of ether oxygens (including phenoxy) is 1. The second kappa shape index (κ2) is 9.46. The summed E-state index contributed by atoms with van der Waals surface area (Å²) >= 11 is 1.18. The molecule has 2 heterocycles. The first-order chi connectivity index (χ1) is 16.6. The number of nitrogens with zero attached hydrogens (tertiary/aromatic N) is 5. The molecule has 0 radical (unpaired) electrons. The smallest absolute Gasteiger partial charge is 0.251 e. The van der Waals surface area contributed by atoms with E-state index in [4.69, 9.17) is 4.74 Å². The van der Waals surface area contributed by atoms with Gasteiger partial charge in [-0.3, -0.25) is 10.2 Å². The predicted octanol–water partition coefficient (Wildman–Crippen LogP) is 3.16. The first kappa shape index (κ1) is 21.8. The van der Waals surface area contributed by atoms with Crippen LogP contribution in [0.3, 0.4) is 0 Å². The van der Waals surface area contributed by atoms with Crippen molar-refractivity contribution in [1.82, 2.24) is 29.7 Å². The summed E-state index contributed by atoms with van der Waals surface area (Å²) < 4.78 is 13.7. The Morgan fingerprint density at radius 2 is 1.82 bits per heavy atom. The lowest BCUT2D eigenvalue weighted by Gasteiger charge is -2.22. The third-order valence-electron chi connectivity index (χ3n) is 5.48. The summed E-state index contributed by atoms with van der Waals surface area (Å²) in [5.74, 6) is 1.34. The van der Waals surface area contributed by atoms with E-state index in [-0.39, 0.29) is 5.91 Å². The van der Waals surface area contributed by atoms with Crippen LogP contribution in [0, 0.1) is 0 Å².